The van der Waals surface area contributed by atoms with Gasteiger partial charge in [0.15, 0.2) is 0 Å². The third kappa shape index (κ3) is 5.04. The molecule has 1 heterocycles. The fourth-order valence-electron chi connectivity index (χ4n) is 1.76. The summed E-state index contributed by atoms with van der Waals surface area (Å²) in [6.45, 7) is 5.52. The zero-order chi connectivity index (χ0) is 14.6. The molecule has 1 aliphatic carbocycles. The Labute approximate surface area is 129 Å². The number of hydrogen-bond acceptors (Lipinski definition) is 4. The molecule has 1 aromatic rings. The maximum absolute atomic E-state index is 5.83. The summed E-state index contributed by atoms with van der Waals surface area (Å²) in [7, 11) is 1.73. The number of rotatable bonds is 8. The van der Waals surface area contributed by atoms with Crippen LogP contribution >= 0.6 is 15.9 Å². The Morgan fingerprint density at radius 3 is 2.85 bits per heavy atom. The summed E-state index contributed by atoms with van der Waals surface area (Å²) < 4.78 is 12.2. The molecule has 20 heavy (non-hydrogen) atoms. The first-order valence-electron chi connectivity index (χ1n) is 7.06. The predicted octanol–water partition coefficient (Wildman–Crippen LogP) is 3.29. The maximum atomic E-state index is 5.83. The van der Waals surface area contributed by atoms with E-state index in [0.29, 0.717) is 18.5 Å². The van der Waals surface area contributed by atoms with Crippen molar-refractivity contribution < 1.29 is 9.47 Å². The van der Waals surface area contributed by atoms with Crippen LogP contribution in [0.1, 0.15) is 38.7 Å². The van der Waals surface area contributed by atoms with Crippen molar-refractivity contribution >= 4 is 15.9 Å². The van der Waals surface area contributed by atoms with Gasteiger partial charge in [0, 0.05) is 42.4 Å². The van der Waals surface area contributed by atoms with Gasteiger partial charge in [-0.2, -0.15) is 0 Å². The molecule has 4 nitrogen and oxygen atoms in total. The lowest BCUT2D eigenvalue weighted by Crippen LogP contribution is -2.25. The smallest absolute Gasteiger partial charge is 0.217 e. The van der Waals surface area contributed by atoms with Crippen molar-refractivity contribution in [2.24, 2.45) is 0 Å². The molecule has 0 radical (unpaired) electrons. The lowest BCUT2D eigenvalue weighted by atomic mass is 10.1. The summed E-state index contributed by atoms with van der Waals surface area (Å²) in [4.78, 5) is 4.37. The highest BCUT2D eigenvalue weighted by Crippen LogP contribution is 2.24. The van der Waals surface area contributed by atoms with Crippen molar-refractivity contribution in [1.29, 1.82) is 0 Å². The number of halogens is 1. The van der Waals surface area contributed by atoms with Gasteiger partial charge in [-0.05, 0) is 48.7 Å². The van der Waals surface area contributed by atoms with Gasteiger partial charge in [-0.15, -0.1) is 0 Å². The highest BCUT2D eigenvalue weighted by atomic mass is 79.9. The second-order valence-electron chi connectivity index (χ2n) is 5.84. The van der Waals surface area contributed by atoms with E-state index in [2.05, 4.69) is 46.1 Å². The van der Waals surface area contributed by atoms with Crippen LogP contribution < -0.4 is 10.1 Å². The van der Waals surface area contributed by atoms with Crippen molar-refractivity contribution in [3.05, 3.63) is 22.3 Å². The Morgan fingerprint density at radius 1 is 1.45 bits per heavy atom. The summed E-state index contributed by atoms with van der Waals surface area (Å²) in [6, 6.07) is 2.74. The van der Waals surface area contributed by atoms with E-state index in [1.165, 1.54) is 12.8 Å². The van der Waals surface area contributed by atoms with E-state index >= 15 is 0 Å². The molecule has 112 valence electrons. The monoisotopic (exact) mass is 342 g/mol. The Kier molecular flexibility index (Phi) is 5.41. The number of nitrogens with one attached hydrogen (secondary N) is 1. The van der Waals surface area contributed by atoms with Crippen molar-refractivity contribution in [1.82, 2.24) is 10.3 Å². The summed E-state index contributed by atoms with van der Waals surface area (Å²) in [5, 5.41) is 3.49. The van der Waals surface area contributed by atoms with Crippen LogP contribution in [0.25, 0.3) is 0 Å². The van der Waals surface area contributed by atoms with Crippen LogP contribution in [0.5, 0.6) is 5.88 Å². The Balaban J connectivity index is 1.91. The van der Waals surface area contributed by atoms with Crippen molar-refractivity contribution in [3.8, 4) is 5.88 Å². The first-order valence-corrected chi connectivity index (χ1v) is 7.85. The molecule has 0 spiro atoms. The predicted molar refractivity (Wildman–Crippen MR) is 83.0 cm³/mol. The largest absolute Gasteiger partial charge is 0.477 e. The van der Waals surface area contributed by atoms with Gasteiger partial charge in [0.2, 0.25) is 5.88 Å². The molecule has 1 aromatic heterocycles. The number of methoxy groups -OCH3 is 1. The average Bonchev–Trinajstić information content (AvgIpc) is 3.22. The van der Waals surface area contributed by atoms with Crippen LogP contribution in [-0.2, 0) is 11.3 Å². The van der Waals surface area contributed by atoms with Crippen LogP contribution in [0.15, 0.2) is 16.7 Å². The van der Waals surface area contributed by atoms with Crippen molar-refractivity contribution in [2.75, 3.05) is 13.7 Å². The minimum atomic E-state index is -0.165. The molecule has 1 fully saturated rings. The van der Waals surface area contributed by atoms with Gasteiger partial charge in [-0.1, -0.05) is 0 Å². The molecule has 0 bridgehead atoms. The number of hydrogen-bond donors (Lipinski definition) is 1. The third-order valence-electron chi connectivity index (χ3n) is 3.55. The van der Waals surface area contributed by atoms with E-state index in [1.54, 1.807) is 13.3 Å². The first kappa shape index (κ1) is 15.7. The second kappa shape index (κ2) is 6.87. The van der Waals surface area contributed by atoms with E-state index in [4.69, 9.17) is 9.47 Å². The van der Waals surface area contributed by atoms with E-state index in [1.807, 2.05) is 0 Å². The Hall–Kier alpha value is -0.650. The van der Waals surface area contributed by atoms with Crippen molar-refractivity contribution in [2.45, 2.75) is 51.3 Å². The van der Waals surface area contributed by atoms with Crippen molar-refractivity contribution in [3.63, 3.8) is 0 Å². The molecule has 2 rings (SSSR count). The normalized spacial score (nSPS) is 15.4. The standard InChI is InChI=1S/C15H23BrN2O2/c1-15(2,19-3)6-7-20-14-11(8-12(16)10-18-14)9-17-13-4-5-13/h8,10,13,17H,4-7,9H2,1-3H3. The molecule has 1 saturated carbocycles. The first-order chi connectivity index (χ1) is 9.50. The Morgan fingerprint density at radius 2 is 2.20 bits per heavy atom. The van der Waals surface area contributed by atoms with Crippen LogP contribution in [0.4, 0.5) is 0 Å². The van der Waals surface area contributed by atoms with Gasteiger partial charge in [0.1, 0.15) is 0 Å². The molecule has 0 saturated heterocycles. The molecule has 1 aliphatic rings. The maximum Gasteiger partial charge on any atom is 0.217 e. The highest BCUT2D eigenvalue weighted by Gasteiger charge is 2.21. The number of nitrogens with zero attached hydrogens (tertiary/aromatic N) is 1. The summed E-state index contributed by atoms with van der Waals surface area (Å²) in [5.74, 6) is 0.716. The minimum absolute atomic E-state index is 0.165. The van der Waals surface area contributed by atoms with Gasteiger partial charge >= 0.3 is 0 Å². The fraction of sp³-hybridized carbons (Fsp3) is 0.667. The van der Waals surface area contributed by atoms with E-state index < -0.39 is 0 Å². The zero-order valence-corrected chi connectivity index (χ0v) is 14.0. The molecule has 0 aliphatic heterocycles. The molecular formula is C15H23BrN2O2. The van der Waals surface area contributed by atoms with E-state index in [0.717, 1.165) is 23.0 Å². The SMILES string of the molecule is COC(C)(C)CCOc1ncc(Br)cc1CNC1CC1. The van der Waals surface area contributed by atoms with Crippen LogP contribution in [0, 0.1) is 0 Å². The molecule has 5 heteroatoms. The average molecular weight is 343 g/mol. The topological polar surface area (TPSA) is 43.4 Å². The molecule has 0 aromatic carbocycles. The summed E-state index contributed by atoms with van der Waals surface area (Å²) >= 11 is 3.46. The molecule has 0 amide bonds. The quantitative estimate of drug-likeness (QED) is 0.787. The molecule has 0 atom stereocenters. The van der Waals surface area contributed by atoms with E-state index in [9.17, 15) is 0 Å². The van der Waals surface area contributed by atoms with E-state index in [-0.39, 0.29) is 5.60 Å². The van der Waals surface area contributed by atoms with Crippen LogP contribution in [0.3, 0.4) is 0 Å². The lowest BCUT2D eigenvalue weighted by Gasteiger charge is -2.22. The number of pyridine rings is 1. The number of ether oxygens (including phenoxy) is 2. The minimum Gasteiger partial charge on any atom is -0.477 e. The van der Waals surface area contributed by atoms with Gasteiger partial charge in [-0.3, -0.25) is 0 Å². The van der Waals surface area contributed by atoms with Gasteiger partial charge in [0.05, 0.1) is 12.2 Å². The molecular weight excluding hydrogens is 320 g/mol. The van der Waals surface area contributed by atoms with Gasteiger partial charge < -0.3 is 14.8 Å². The fourth-order valence-corrected chi connectivity index (χ4v) is 2.14. The second-order valence-corrected chi connectivity index (χ2v) is 6.75. The number of aromatic nitrogens is 1. The summed E-state index contributed by atoms with van der Waals surface area (Å²) in [5.41, 5.74) is 0.934. The van der Waals surface area contributed by atoms with Gasteiger partial charge in [0.25, 0.3) is 0 Å². The molecule has 1 N–H and O–H groups in total. The highest BCUT2D eigenvalue weighted by molar-refractivity contribution is 9.10. The zero-order valence-electron chi connectivity index (χ0n) is 12.4. The van der Waals surface area contributed by atoms with Gasteiger partial charge in [-0.25, -0.2) is 4.98 Å². The lowest BCUT2D eigenvalue weighted by molar-refractivity contribution is 0.00499. The third-order valence-corrected chi connectivity index (χ3v) is 3.98. The van der Waals surface area contributed by atoms with Crippen LogP contribution in [0.2, 0.25) is 0 Å². The Bertz CT molecular complexity index is 447. The summed E-state index contributed by atoms with van der Waals surface area (Å²) in [6.07, 6.45) is 5.16. The molecule has 0 unspecified atom stereocenters. The van der Waals surface area contributed by atoms with Crippen LogP contribution in [-0.4, -0.2) is 30.3 Å².